The molecule has 1 aliphatic rings. The first kappa shape index (κ1) is 24.0. The van der Waals surface area contributed by atoms with Crippen LogP contribution in [0.2, 0.25) is 0 Å². The van der Waals surface area contributed by atoms with E-state index in [1.807, 2.05) is 13.8 Å². The molecule has 1 fully saturated rings. The molecule has 0 bridgehead atoms. The summed E-state index contributed by atoms with van der Waals surface area (Å²) in [6, 6.07) is 1.36. The number of hydrogen-bond donors (Lipinski definition) is 2. The Morgan fingerprint density at radius 1 is 1.40 bits per heavy atom. The van der Waals surface area contributed by atoms with Gasteiger partial charge in [0, 0.05) is 12.3 Å². The van der Waals surface area contributed by atoms with Crippen molar-refractivity contribution >= 4 is 5.97 Å². The van der Waals surface area contributed by atoms with Gasteiger partial charge in [0.1, 0.15) is 18.8 Å². The molecule has 4 atom stereocenters. The van der Waals surface area contributed by atoms with E-state index in [1.165, 1.54) is 12.3 Å². The number of alkyl halides is 1. The average molecular weight is 428 g/mol. The molecule has 1 saturated heterocycles. The molecule has 0 aliphatic carbocycles. The van der Waals surface area contributed by atoms with E-state index in [9.17, 15) is 19.8 Å². The van der Waals surface area contributed by atoms with Crippen LogP contribution in [0.3, 0.4) is 0 Å². The van der Waals surface area contributed by atoms with Crippen molar-refractivity contribution in [3.63, 3.8) is 0 Å². The maximum atomic E-state index is 15.1. The number of allylic oxidation sites excluding steroid dienone is 1. The number of hydrogen-bond acceptors (Lipinski definition) is 8. The van der Waals surface area contributed by atoms with Crippen molar-refractivity contribution in [3.8, 4) is 5.88 Å². The Kier molecular flexibility index (Phi) is 8.10. The molecule has 0 radical (unpaired) electrons. The summed E-state index contributed by atoms with van der Waals surface area (Å²) in [6.45, 7) is 6.69. The lowest BCUT2D eigenvalue weighted by molar-refractivity contribution is -0.218. The smallest absolute Gasteiger partial charge is 0.353 e. The van der Waals surface area contributed by atoms with Crippen molar-refractivity contribution in [1.29, 1.82) is 0 Å². The van der Waals surface area contributed by atoms with Crippen molar-refractivity contribution in [2.45, 2.75) is 64.8 Å². The fourth-order valence-corrected chi connectivity index (χ4v) is 2.97. The number of esters is 1. The molecule has 0 spiro atoms. The number of aliphatic hydroxyl groups is 2. The largest absolute Gasteiger partial charge is 0.473 e. The zero-order valence-electron chi connectivity index (χ0n) is 17.6. The Balaban J connectivity index is 2.11. The van der Waals surface area contributed by atoms with E-state index < -0.39 is 48.5 Å². The summed E-state index contributed by atoms with van der Waals surface area (Å²) in [6.07, 6.45) is -1.30. The summed E-state index contributed by atoms with van der Waals surface area (Å²) in [7, 11) is 0. The molecule has 0 unspecified atom stereocenters. The SMILES string of the molecule is CCC(CC)C(=O)OC[C@@]1(F)O[C@@H](n2ccc(OCC=C(C)C)nc2=O)[C@H](O)[C@@H]1O. The Morgan fingerprint density at radius 3 is 2.63 bits per heavy atom. The van der Waals surface area contributed by atoms with E-state index in [2.05, 4.69) is 4.98 Å². The number of carbonyl (C=O) groups excluding carboxylic acids is 1. The van der Waals surface area contributed by atoms with Crippen molar-refractivity contribution in [2.75, 3.05) is 13.2 Å². The van der Waals surface area contributed by atoms with Crippen LogP contribution in [0.15, 0.2) is 28.7 Å². The first-order chi connectivity index (χ1) is 14.1. The van der Waals surface area contributed by atoms with Gasteiger partial charge in [-0.25, -0.2) is 9.18 Å². The van der Waals surface area contributed by atoms with Gasteiger partial charge < -0.3 is 24.4 Å². The molecule has 10 heteroatoms. The van der Waals surface area contributed by atoms with Gasteiger partial charge in [0.25, 0.3) is 5.85 Å². The minimum atomic E-state index is -2.87. The second kappa shape index (κ2) is 10.1. The van der Waals surface area contributed by atoms with Crippen LogP contribution in [0, 0.1) is 5.92 Å². The number of aliphatic hydroxyl groups excluding tert-OH is 2. The lowest BCUT2D eigenvalue weighted by Crippen LogP contribution is -2.44. The van der Waals surface area contributed by atoms with Crippen LogP contribution in [0.5, 0.6) is 5.88 Å². The van der Waals surface area contributed by atoms with Crippen molar-refractivity contribution in [1.82, 2.24) is 9.55 Å². The number of aromatic nitrogens is 2. The van der Waals surface area contributed by atoms with Crippen LogP contribution < -0.4 is 10.4 Å². The van der Waals surface area contributed by atoms with Gasteiger partial charge in [-0.1, -0.05) is 19.4 Å². The summed E-state index contributed by atoms with van der Waals surface area (Å²) in [5.41, 5.74) is 0.170. The van der Waals surface area contributed by atoms with E-state index in [1.54, 1.807) is 19.9 Å². The molecule has 9 nitrogen and oxygen atoms in total. The Hall–Kier alpha value is -2.30. The van der Waals surface area contributed by atoms with E-state index in [0.29, 0.717) is 12.8 Å². The summed E-state index contributed by atoms with van der Waals surface area (Å²) in [5.74, 6) is -3.85. The highest BCUT2D eigenvalue weighted by molar-refractivity contribution is 5.72. The third-order valence-electron chi connectivity index (χ3n) is 4.91. The van der Waals surface area contributed by atoms with Crippen LogP contribution in [-0.4, -0.2) is 57.0 Å². The van der Waals surface area contributed by atoms with Gasteiger partial charge in [-0.05, 0) is 32.8 Å². The van der Waals surface area contributed by atoms with E-state index in [4.69, 9.17) is 14.2 Å². The maximum Gasteiger partial charge on any atom is 0.353 e. The first-order valence-corrected chi connectivity index (χ1v) is 9.87. The molecule has 0 aromatic carbocycles. The lowest BCUT2D eigenvalue weighted by atomic mass is 10.0. The highest BCUT2D eigenvalue weighted by Crippen LogP contribution is 2.38. The zero-order valence-corrected chi connectivity index (χ0v) is 17.6. The molecule has 0 saturated carbocycles. The fraction of sp³-hybridized carbons (Fsp3) is 0.650. The van der Waals surface area contributed by atoms with Gasteiger partial charge in [-0.3, -0.25) is 9.36 Å². The molecular formula is C20H29FN2O7. The van der Waals surface area contributed by atoms with Crippen LogP contribution in [0.25, 0.3) is 0 Å². The predicted octanol–water partition coefficient (Wildman–Crippen LogP) is 1.48. The van der Waals surface area contributed by atoms with Crippen LogP contribution in [0.1, 0.15) is 46.8 Å². The quantitative estimate of drug-likeness (QED) is 0.448. The Labute approximate surface area is 174 Å². The van der Waals surface area contributed by atoms with E-state index >= 15 is 4.39 Å². The molecule has 168 valence electrons. The molecule has 1 aromatic heterocycles. The average Bonchev–Trinajstić information content (AvgIpc) is 2.92. The second-order valence-electron chi connectivity index (χ2n) is 7.40. The monoisotopic (exact) mass is 428 g/mol. The lowest BCUT2D eigenvalue weighted by Gasteiger charge is -2.23. The topological polar surface area (TPSA) is 120 Å². The Morgan fingerprint density at radius 2 is 2.07 bits per heavy atom. The van der Waals surface area contributed by atoms with Crippen molar-refractivity contribution in [2.24, 2.45) is 5.92 Å². The fourth-order valence-electron chi connectivity index (χ4n) is 2.97. The summed E-state index contributed by atoms with van der Waals surface area (Å²) >= 11 is 0. The molecule has 2 rings (SSSR count). The van der Waals surface area contributed by atoms with Crippen molar-refractivity contribution in [3.05, 3.63) is 34.4 Å². The van der Waals surface area contributed by atoms with Gasteiger partial charge in [0.15, 0.2) is 12.8 Å². The van der Waals surface area contributed by atoms with Gasteiger partial charge in [0.05, 0.1) is 5.92 Å². The maximum absolute atomic E-state index is 15.1. The minimum Gasteiger partial charge on any atom is -0.473 e. The number of rotatable bonds is 9. The highest BCUT2D eigenvalue weighted by Gasteiger charge is 2.57. The highest BCUT2D eigenvalue weighted by atomic mass is 19.2. The van der Waals surface area contributed by atoms with Gasteiger partial charge in [-0.2, -0.15) is 4.98 Å². The van der Waals surface area contributed by atoms with Crippen LogP contribution >= 0.6 is 0 Å². The molecule has 1 aromatic rings. The van der Waals surface area contributed by atoms with E-state index in [0.717, 1.165) is 10.1 Å². The molecular weight excluding hydrogens is 399 g/mol. The standard InChI is InChI=1S/C20H29FN2O7/c1-5-13(6-2)18(26)29-11-20(21)16(25)15(24)17(30-20)23-9-7-14(22-19(23)27)28-10-8-12(3)4/h7-9,13,15-17,24-25H,5-6,10-11H2,1-4H3/t15-,16+,17-,20-/m1/s1. The molecule has 2 heterocycles. The number of ether oxygens (including phenoxy) is 3. The van der Waals surface area contributed by atoms with E-state index in [-0.39, 0.29) is 12.5 Å². The van der Waals surface area contributed by atoms with Gasteiger partial charge >= 0.3 is 11.7 Å². The number of nitrogens with zero attached hydrogens (tertiary/aromatic N) is 2. The number of halogens is 1. The normalized spacial score (nSPS) is 25.9. The van der Waals surface area contributed by atoms with Gasteiger partial charge in [-0.15, -0.1) is 0 Å². The third-order valence-corrected chi connectivity index (χ3v) is 4.91. The summed E-state index contributed by atoms with van der Waals surface area (Å²) in [5, 5.41) is 20.3. The Bertz CT molecular complexity index is 820. The summed E-state index contributed by atoms with van der Waals surface area (Å²) in [4.78, 5) is 28.0. The summed E-state index contributed by atoms with van der Waals surface area (Å²) < 4.78 is 31.3. The van der Waals surface area contributed by atoms with Gasteiger partial charge in [0.2, 0.25) is 5.88 Å². The zero-order chi connectivity index (χ0) is 22.5. The molecule has 30 heavy (non-hydrogen) atoms. The van der Waals surface area contributed by atoms with Crippen LogP contribution in [-0.2, 0) is 14.3 Å². The second-order valence-corrected chi connectivity index (χ2v) is 7.40. The molecule has 0 amide bonds. The van der Waals surface area contributed by atoms with Crippen LogP contribution in [0.4, 0.5) is 4.39 Å². The minimum absolute atomic E-state index is 0.0485. The molecule has 2 N–H and O–H groups in total. The third kappa shape index (κ3) is 5.44. The number of carbonyl (C=O) groups is 1. The molecule has 1 aliphatic heterocycles. The predicted molar refractivity (Wildman–Crippen MR) is 104 cm³/mol. The van der Waals surface area contributed by atoms with Crippen molar-refractivity contribution < 1.29 is 33.6 Å². The first-order valence-electron chi connectivity index (χ1n) is 9.87.